The summed E-state index contributed by atoms with van der Waals surface area (Å²) in [5, 5.41) is 14.7. The molecule has 2 amide bonds. The average molecular weight is 508 g/mol. The van der Waals surface area contributed by atoms with Crippen LogP contribution in [0.5, 0.6) is 11.5 Å². The smallest absolute Gasteiger partial charge is 0.289 e. The van der Waals surface area contributed by atoms with Crippen molar-refractivity contribution in [3.63, 3.8) is 0 Å². The van der Waals surface area contributed by atoms with Crippen LogP contribution in [0.4, 0.5) is 0 Å². The number of hydrogen-bond acceptors (Lipinski definition) is 7. The Bertz CT molecular complexity index is 1760. The van der Waals surface area contributed by atoms with Crippen LogP contribution >= 0.6 is 0 Å². The second kappa shape index (κ2) is 9.34. The van der Waals surface area contributed by atoms with Crippen LogP contribution in [-0.4, -0.2) is 39.6 Å². The molecule has 10 nitrogen and oxygen atoms in total. The fourth-order valence-corrected chi connectivity index (χ4v) is 4.57. The lowest BCUT2D eigenvalue weighted by atomic mass is 10.1. The van der Waals surface area contributed by atoms with Gasteiger partial charge in [-0.25, -0.2) is 15.9 Å². The van der Waals surface area contributed by atoms with Crippen LogP contribution in [0.25, 0.3) is 33.1 Å². The molecule has 10 heteroatoms. The molecule has 0 fully saturated rings. The van der Waals surface area contributed by atoms with Crippen molar-refractivity contribution in [1.82, 2.24) is 20.5 Å². The van der Waals surface area contributed by atoms with E-state index in [4.69, 9.17) is 19.7 Å². The molecule has 6 rings (SSSR count). The van der Waals surface area contributed by atoms with Gasteiger partial charge in [0.25, 0.3) is 11.8 Å². The van der Waals surface area contributed by atoms with Gasteiger partial charge in [-0.15, -0.1) is 0 Å². The predicted octanol–water partition coefficient (Wildman–Crippen LogP) is 4.01. The Hall–Kier alpha value is -5.22. The Morgan fingerprint density at radius 1 is 0.974 bits per heavy atom. The number of aryl methyl sites for hydroxylation is 1. The Labute approximate surface area is 216 Å². The number of para-hydroxylation sites is 1. The Morgan fingerprint density at radius 2 is 1.76 bits per heavy atom. The van der Waals surface area contributed by atoms with E-state index >= 15 is 0 Å². The van der Waals surface area contributed by atoms with Crippen LogP contribution in [0.2, 0.25) is 0 Å². The number of rotatable bonds is 5. The Morgan fingerprint density at radius 3 is 2.58 bits per heavy atom. The molecule has 38 heavy (non-hydrogen) atoms. The first kappa shape index (κ1) is 23.2. The largest absolute Gasteiger partial charge is 0.454 e. The quantitative estimate of drug-likeness (QED) is 0.187. The number of hydrogen-bond donors (Lipinski definition) is 3. The fourth-order valence-electron chi connectivity index (χ4n) is 4.57. The molecule has 0 spiro atoms. The molecule has 0 saturated carbocycles. The maximum atomic E-state index is 13.2. The average Bonchev–Trinajstić information content (AvgIpc) is 3.55. The number of carbonyl (C=O) groups excluding carboxylic acids is 2. The van der Waals surface area contributed by atoms with Gasteiger partial charge in [0, 0.05) is 34.5 Å². The summed E-state index contributed by atoms with van der Waals surface area (Å²) in [7, 11) is 1.97. The number of hydrazone groups is 1. The number of nitrogens with zero attached hydrogens (tertiary/aromatic N) is 3. The summed E-state index contributed by atoms with van der Waals surface area (Å²) in [6, 6.07) is 21.7. The first-order valence-electron chi connectivity index (χ1n) is 11.7. The van der Waals surface area contributed by atoms with Crippen LogP contribution < -0.4 is 20.4 Å². The zero-order valence-electron chi connectivity index (χ0n) is 20.1. The lowest BCUT2D eigenvalue weighted by Gasteiger charge is -2.09. The molecule has 1 aliphatic heterocycles. The van der Waals surface area contributed by atoms with E-state index in [0.717, 1.165) is 27.4 Å². The molecule has 0 unspecified atom stereocenters. The molecule has 188 valence electrons. The lowest BCUT2D eigenvalue weighted by molar-refractivity contribution is 0.0706. The monoisotopic (exact) mass is 507 g/mol. The van der Waals surface area contributed by atoms with Gasteiger partial charge in [-0.1, -0.05) is 30.3 Å². The van der Waals surface area contributed by atoms with Crippen molar-refractivity contribution >= 4 is 39.8 Å². The maximum absolute atomic E-state index is 13.2. The van der Waals surface area contributed by atoms with E-state index in [-0.39, 0.29) is 18.1 Å². The van der Waals surface area contributed by atoms with Crippen molar-refractivity contribution in [2.75, 3.05) is 6.79 Å². The summed E-state index contributed by atoms with van der Waals surface area (Å²) in [5.74, 6) is 0.192. The van der Waals surface area contributed by atoms with E-state index in [9.17, 15) is 9.59 Å². The molecular weight excluding hydrogens is 486 g/mol. The Kier molecular flexibility index (Phi) is 5.70. The number of pyridine rings is 1. The second-order valence-electron chi connectivity index (χ2n) is 8.66. The molecule has 0 aliphatic carbocycles. The van der Waals surface area contributed by atoms with Gasteiger partial charge in [0.15, 0.2) is 11.5 Å². The van der Waals surface area contributed by atoms with Crippen LogP contribution in [0.1, 0.15) is 26.4 Å². The number of hydroxylamine groups is 1. The third kappa shape index (κ3) is 3.98. The maximum Gasteiger partial charge on any atom is 0.289 e. The van der Waals surface area contributed by atoms with Crippen LogP contribution in [0, 0.1) is 0 Å². The van der Waals surface area contributed by atoms with E-state index in [2.05, 4.69) is 15.1 Å². The standard InChI is InChI=1S/C28H21N5O5/c1-33-22-5-3-2-4-19(22)20-13-21(28(35)31-29-14-16-6-8-17(9-7-16)27(34)32-36)30-25(26(20)33)18-10-11-23-24(12-18)38-15-37-23/h2-14,36H,15H2,1H3,(H,31,35)(H,32,34)/b29-14+. The second-order valence-corrected chi connectivity index (χ2v) is 8.66. The zero-order chi connectivity index (χ0) is 26.2. The third-order valence-electron chi connectivity index (χ3n) is 6.42. The number of carbonyl (C=O) groups is 2. The highest BCUT2D eigenvalue weighted by atomic mass is 16.7. The minimum atomic E-state index is -0.616. The van der Waals surface area contributed by atoms with Crippen LogP contribution in [0.3, 0.4) is 0 Å². The van der Waals surface area contributed by atoms with Gasteiger partial charge >= 0.3 is 0 Å². The first-order valence-corrected chi connectivity index (χ1v) is 11.7. The molecule has 3 heterocycles. The minimum absolute atomic E-state index is 0.160. The molecule has 3 aromatic carbocycles. The highest BCUT2D eigenvalue weighted by Crippen LogP contribution is 2.39. The normalized spacial score (nSPS) is 12.4. The van der Waals surface area contributed by atoms with Crippen molar-refractivity contribution in [1.29, 1.82) is 0 Å². The number of aromatic nitrogens is 2. The summed E-state index contributed by atoms with van der Waals surface area (Å²) >= 11 is 0. The number of ether oxygens (including phenoxy) is 2. The van der Waals surface area contributed by atoms with Gasteiger partial charge in [-0.3, -0.25) is 14.8 Å². The topological polar surface area (TPSA) is 127 Å². The van der Waals surface area contributed by atoms with Gasteiger partial charge in [0.2, 0.25) is 6.79 Å². The number of nitrogens with one attached hydrogen (secondary N) is 2. The number of benzene rings is 3. The van der Waals surface area contributed by atoms with Crippen molar-refractivity contribution < 1.29 is 24.3 Å². The summed E-state index contributed by atoms with van der Waals surface area (Å²) < 4.78 is 13.1. The van der Waals surface area contributed by atoms with E-state index in [0.29, 0.717) is 22.8 Å². The van der Waals surface area contributed by atoms with Crippen LogP contribution in [-0.2, 0) is 7.05 Å². The van der Waals surface area contributed by atoms with E-state index in [1.165, 1.54) is 18.3 Å². The van der Waals surface area contributed by atoms with Gasteiger partial charge in [0.1, 0.15) is 5.69 Å². The molecule has 3 N–H and O–H groups in total. The van der Waals surface area contributed by atoms with Gasteiger partial charge in [0.05, 0.1) is 17.4 Å². The van der Waals surface area contributed by atoms with Crippen molar-refractivity contribution in [3.8, 4) is 22.8 Å². The van der Waals surface area contributed by atoms with E-state index in [1.54, 1.807) is 23.7 Å². The zero-order valence-corrected chi connectivity index (χ0v) is 20.1. The highest BCUT2D eigenvalue weighted by molar-refractivity contribution is 6.14. The van der Waals surface area contributed by atoms with E-state index < -0.39 is 11.8 Å². The molecule has 0 bridgehead atoms. The van der Waals surface area contributed by atoms with E-state index in [1.807, 2.05) is 49.5 Å². The fraction of sp³-hybridized carbons (Fsp3) is 0.0714. The molecule has 5 aromatic rings. The van der Waals surface area contributed by atoms with Crippen molar-refractivity contribution in [2.24, 2.45) is 12.1 Å². The first-order chi connectivity index (χ1) is 18.5. The molecule has 2 aromatic heterocycles. The molecule has 1 aliphatic rings. The minimum Gasteiger partial charge on any atom is -0.454 e. The summed E-state index contributed by atoms with van der Waals surface area (Å²) in [6.07, 6.45) is 1.45. The number of amides is 2. The SMILES string of the molecule is Cn1c2ccccc2c2cc(C(=O)N/N=C/c3ccc(C(=O)NO)cc3)nc(-c3ccc4c(c3)OCO4)c21. The molecule has 0 atom stereocenters. The molecule has 0 saturated heterocycles. The lowest BCUT2D eigenvalue weighted by Crippen LogP contribution is -2.19. The van der Waals surface area contributed by atoms with Gasteiger partial charge < -0.3 is 14.0 Å². The number of fused-ring (bicyclic) bond motifs is 4. The third-order valence-corrected chi connectivity index (χ3v) is 6.42. The van der Waals surface area contributed by atoms with Gasteiger partial charge in [-0.2, -0.15) is 5.10 Å². The predicted molar refractivity (Wildman–Crippen MR) is 141 cm³/mol. The van der Waals surface area contributed by atoms with Crippen molar-refractivity contribution in [3.05, 3.63) is 89.6 Å². The van der Waals surface area contributed by atoms with Crippen molar-refractivity contribution in [2.45, 2.75) is 0 Å². The van der Waals surface area contributed by atoms with Crippen LogP contribution in [0.15, 0.2) is 77.9 Å². The molecule has 0 radical (unpaired) electrons. The Balaban J connectivity index is 1.38. The molecular formula is C28H21N5O5. The summed E-state index contributed by atoms with van der Waals surface area (Å²) in [5.41, 5.74) is 8.57. The highest BCUT2D eigenvalue weighted by Gasteiger charge is 2.21. The summed E-state index contributed by atoms with van der Waals surface area (Å²) in [4.78, 5) is 29.4. The van der Waals surface area contributed by atoms with Gasteiger partial charge in [-0.05, 0) is 48.0 Å². The summed E-state index contributed by atoms with van der Waals surface area (Å²) in [6.45, 7) is 0.160.